The summed E-state index contributed by atoms with van der Waals surface area (Å²) in [5.74, 6) is 0. The third-order valence-electron chi connectivity index (χ3n) is 5.47. The molecule has 0 spiro atoms. The molecule has 4 rings (SSSR count). The molecule has 0 aliphatic heterocycles. The van der Waals surface area contributed by atoms with E-state index >= 15 is 0 Å². The van der Waals surface area contributed by atoms with Crippen LogP contribution >= 0.6 is 23.5 Å². The van der Waals surface area contributed by atoms with Gasteiger partial charge in [0.05, 0.1) is 5.60 Å². The molecule has 2 aliphatic carbocycles. The van der Waals surface area contributed by atoms with Crippen molar-refractivity contribution < 1.29 is 9.90 Å². The number of benzene rings is 2. The lowest BCUT2D eigenvalue weighted by Gasteiger charge is -2.18. The lowest BCUT2D eigenvalue weighted by molar-refractivity contribution is -0.105. The molecule has 0 heterocycles. The highest BCUT2D eigenvalue weighted by atomic mass is 35.5. The molecule has 156 valence electrons. The maximum absolute atomic E-state index is 10.7. The van der Waals surface area contributed by atoms with Crippen molar-refractivity contribution in [2.24, 2.45) is 0 Å². The van der Waals surface area contributed by atoms with Gasteiger partial charge in [0.1, 0.15) is 0 Å². The van der Waals surface area contributed by atoms with Crippen LogP contribution in [0.15, 0.2) is 29.2 Å². The normalized spacial score (nSPS) is 14.7. The van der Waals surface area contributed by atoms with Crippen LogP contribution in [0.1, 0.15) is 54.5 Å². The molecule has 0 fully saturated rings. The summed E-state index contributed by atoms with van der Waals surface area (Å²) in [4.78, 5) is 11.7. The Morgan fingerprint density at radius 2 is 1.66 bits per heavy atom. The van der Waals surface area contributed by atoms with Crippen molar-refractivity contribution in [2.75, 3.05) is 12.4 Å². The van der Waals surface area contributed by atoms with Gasteiger partial charge in [-0.1, -0.05) is 17.7 Å². The van der Waals surface area contributed by atoms with Gasteiger partial charge in [0.2, 0.25) is 6.41 Å². The lowest BCUT2D eigenvalue weighted by atomic mass is 9.99. The van der Waals surface area contributed by atoms with E-state index in [1.54, 1.807) is 19.9 Å². The monoisotopic (exact) mass is 432 g/mol. The zero-order valence-corrected chi connectivity index (χ0v) is 18.8. The van der Waals surface area contributed by atoms with E-state index < -0.39 is 5.60 Å². The van der Waals surface area contributed by atoms with E-state index in [1.807, 2.05) is 19.2 Å². The number of hydrogen-bond acceptors (Lipinski definition) is 4. The second-order valence-electron chi connectivity index (χ2n) is 8.04. The van der Waals surface area contributed by atoms with Gasteiger partial charge in [0, 0.05) is 15.6 Å². The first-order chi connectivity index (χ1) is 13.8. The average Bonchev–Trinajstić information content (AvgIpc) is 3.30. The molecule has 1 amide bonds. The molecule has 0 saturated carbocycles. The van der Waals surface area contributed by atoms with Crippen LogP contribution in [0.5, 0.6) is 0 Å². The van der Waals surface area contributed by atoms with Gasteiger partial charge in [-0.15, -0.1) is 0 Å². The molecule has 0 aromatic heterocycles. The summed E-state index contributed by atoms with van der Waals surface area (Å²) in [6.45, 7) is 3.49. The van der Waals surface area contributed by atoms with Crippen LogP contribution in [-0.4, -0.2) is 18.6 Å². The van der Waals surface area contributed by atoms with Gasteiger partial charge in [0.25, 0.3) is 0 Å². The van der Waals surface area contributed by atoms with Crippen LogP contribution in [-0.2, 0) is 36.1 Å². The second kappa shape index (κ2) is 9.52. The maximum Gasteiger partial charge on any atom is 0.211 e. The number of hydrogen-bond donors (Lipinski definition) is 3. The van der Waals surface area contributed by atoms with Crippen LogP contribution in [0.3, 0.4) is 0 Å². The number of halogens is 1. The Morgan fingerprint density at radius 1 is 1.03 bits per heavy atom. The molecule has 2 aromatic carbocycles. The number of aryl methyl sites for hydroxylation is 2. The Balaban J connectivity index is 0.000000166. The second-order valence-corrected chi connectivity index (χ2v) is 9.56. The van der Waals surface area contributed by atoms with Crippen LogP contribution in [0.25, 0.3) is 0 Å². The molecule has 0 atom stereocenters. The Morgan fingerprint density at radius 3 is 2.17 bits per heavy atom. The van der Waals surface area contributed by atoms with E-state index in [-0.39, 0.29) is 0 Å². The zero-order valence-electron chi connectivity index (χ0n) is 17.3. The van der Waals surface area contributed by atoms with E-state index in [4.69, 9.17) is 11.6 Å². The van der Waals surface area contributed by atoms with Crippen molar-refractivity contribution in [1.82, 2.24) is 4.72 Å². The van der Waals surface area contributed by atoms with E-state index in [0.29, 0.717) is 5.02 Å². The minimum absolute atomic E-state index is 0.641. The molecule has 0 radical (unpaired) electrons. The molecule has 29 heavy (non-hydrogen) atoms. The van der Waals surface area contributed by atoms with Crippen molar-refractivity contribution in [3.05, 3.63) is 57.1 Å². The highest BCUT2D eigenvalue weighted by molar-refractivity contribution is 7.97. The van der Waals surface area contributed by atoms with Crippen molar-refractivity contribution in [3.63, 3.8) is 0 Å². The Labute approximate surface area is 182 Å². The predicted octanol–water partition coefficient (Wildman–Crippen LogP) is 5.03. The number of fused-ring (bicyclic) bond motifs is 2. The van der Waals surface area contributed by atoms with Crippen molar-refractivity contribution in [3.8, 4) is 0 Å². The quantitative estimate of drug-likeness (QED) is 0.458. The van der Waals surface area contributed by atoms with Crippen LogP contribution in [0.2, 0.25) is 5.02 Å². The number of aliphatic hydroxyl groups is 1. The average molecular weight is 433 g/mol. The van der Waals surface area contributed by atoms with Crippen LogP contribution in [0.4, 0.5) is 5.69 Å². The first-order valence-electron chi connectivity index (χ1n) is 10.1. The van der Waals surface area contributed by atoms with E-state index in [0.717, 1.165) is 35.4 Å². The summed E-state index contributed by atoms with van der Waals surface area (Å²) < 4.78 is 2.97. The molecule has 0 bridgehead atoms. The standard InChI is InChI=1S/C13H15NO.C10H14ClNOS/c15-8-14-13-11-5-1-3-9(11)7-10-4-2-6-12(10)13;1-10(2,13)7-4-8(11)6-9(5-7)14-12-3/h7-8H,1-6H2,(H,14,15);4-6,12-13H,1-3H3. The Bertz CT molecular complexity index is 861. The Kier molecular flexibility index (Phi) is 7.28. The summed E-state index contributed by atoms with van der Waals surface area (Å²) in [6.07, 6.45) is 7.97. The Hall–Kier alpha value is -1.53. The molecule has 0 saturated heterocycles. The molecule has 4 nitrogen and oxygen atoms in total. The third-order valence-corrected chi connectivity index (χ3v) is 6.37. The number of amides is 1. The molecular weight excluding hydrogens is 404 g/mol. The summed E-state index contributed by atoms with van der Waals surface area (Å²) in [6, 6.07) is 7.94. The number of carbonyl (C=O) groups excluding carboxylic acids is 1. The van der Waals surface area contributed by atoms with E-state index in [9.17, 15) is 9.90 Å². The van der Waals surface area contributed by atoms with Gasteiger partial charge in [-0.25, -0.2) is 0 Å². The lowest BCUT2D eigenvalue weighted by Crippen LogP contribution is -2.15. The summed E-state index contributed by atoms with van der Waals surface area (Å²) >= 11 is 7.41. The minimum atomic E-state index is -0.853. The number of rotatable bonds is 5. The highest BCUT2D eigenvalue weighted by Gasteiger charge is 2.23. The van der Waals surface area contributed by atoms with Gasteiger partial charge < -0.3 is 10.4 Å². The van der Waals surface area contributed by atoms with Crippen molar-refractivity contribution in [1.29, 1.82) is 0 Å². The minimum Gasteiger partial charge on any atom is -0.386 e. The topological polar surface area (TPSA) is 61.4 Å². The summed E-state index contributed by atoms with van der Waals surface area (Å²) in [5.41, 5.74) is 6.87. The third kappa shape index (κ3) is 5.34. The fourth-order valence-corrected chi connectivity index (χ4v) is 5.05. The molecular formula is C23H29ClN2O2S. The largest absolute Gasteiger partial charge is 0.386 e. The summed E-state index contributed by atoms with van der Waals surface area (Å²) in [7, 11) is 1.84. The first-order valence-corrected chi connectivity index (χ1v) is 11.3. The van der Waals surface area contributed by atoms with Gasteiger partial charge in [-0.2, -0.15) is 0 Å². The maximum atomic E-state index is 10.7. The fraction of sp³-hybridized carbons (Fsp3) is 0.435. The molecule has 0 unspecified atom stereocenters. The summed E-state index contributed by atoms with van der Waals surface area (Å²) in [5, 5.41) is 13.4. The predicted molar refractivity (Wildman–Crippen MR) is 122 cm³/mol. The molecule has 2 aliphatic rings. The highest BCUT2D eigenvalue weighted by Crippen LogP contribution is 2.38. The van der Waals surface area contributed by atoms with Gasteiger partial charge in [-0.3, -0.25) is 9.52 Å². The van der Waals surface area contributed by atoms with Gasteiger partial charge in [-0.05, 0) is 117 Å². The SMILES string of the molecule is CNSc1cc(Cl)cc(C(C)(C)O)c1.O=CNc1c2c(cc3c1CCC3)CCC2. The van der Waals surface area contributed by atoms with E-state index in [1.165, 1.54) is 59.9 Å². The number of nitrogens with one attached hydrogen (secondary N) is 2. The number of anilines is 1. The van der Waals surface area contributed by atoms with Crippen molar-refractivity contribution in [2.45, 2.75) is 62.9 Å². The number of carbonyl (C=O) groups is 1. The first kappa shape index (κ1) is 22.2. The van der Waals surface area contributed by atoms with Crippen LogP contribution < -0.4 is 10.0 Å². The van der Waals surface area contributed by atoms with Gasteiger partial charge >= 0.3 is 0 Å². The van der Waals surface area contributed by atoms with Crippen LogP contribution in [0, 0.1) is 0 Å². The smallest absolute Gasteiger partial charge is 0.211 e. The van der Waals surface area contributed by atoms with E-state index in [2.05, 4.69) is 16.1 Å². The van der Waals surface area contributed by atoms with Crippen molar-refractivity contribution >= 4 is 35.6 Å². The molecule has 6 heteroatoms. The molecule has 2 aromatic rings. The molecule has 3 N–H and O–H groups in total. The zero-order chi connectivity index (χ0) is 21.0. The fourth-order valence-electron chi connectivity index (χ4n) is 4.14. The van der Waals surface area contributed by atoms with Gasteiger partial charge in [0.15, 0.2) is 0 Å².